The fraction of sp³-hybridized carbons (Fsp3) is 0.565. The Labute approximate surface area is 197 Å². The summed E-state index contributed by atoms with van der Waals surface area (Å²) in [7, 11) is 0. The average Bonchev–Trinajstić information content (AvgIpc) is 3.00. The molecular weight excluding hydrogens is 449 g/mol. The van der Waals surface area contributed by atoms with Crippen LogP contribution in [0.1, 0.15) is 39.5 Å². The third-order valence-electron chi connectivity index (χ3n) is 5.58. The number of anilines is 2. The fourth-order valence-electron chi connectivity index (χ4n) is 3.82. The molecule has 2 saturated heterocycles. The first-order chi connectivity index (χ1) is 16.3. The van der Waals surface area contributed by atoms with E-state index in [0.29, 0.717) is 37.3 Å². The molecular formula is C23H30FN3O7. The van der Waals surface area contributed by atoms with Gasteiger partial charge in [-0.05, 0) is 38.5 Å². The minimum absolute atomic E-state index is 0.0191. The van der Waals surface area contributed by atoms with Gasteiger partial charge in [0.15, 0.2) is 0 Å². The average molecular weight is 480 g/mol. The largest absolute Gasteiger partial charge is 0.466 e. The van der Waals surface area contributed by atoms with Gasteiger partial charge in [-0.25, -0.2) is 14.2 Å². The second kappa shape index (κ2) is 11.8. The lowest BCUT2D eigenvalue weighted by Gasteiger charge is -2.24. The highest BCUT2D eigenvalue weighted by Crippen LogP contribution is 2.29. The number of cyclic esters (lactones) is 1. The number of amides is 2. The SMILES string of the molecule is CCOC(=O)CCC(=O)N1CCN(c2ccc(N3C[C@H](CCC(C)=O)OC3=O)cc2F)CCO1. The number of ketones is 1. The standard InChI is InChI=1S/C23H30FN3O7/c1-3-32-22(30)9-8-21(29)27-11-10-25(12-13-33-27)20-7-5-17(14-19(20)24)26-15-18(34-23(26)31)6-4-16(2)28/h5,7,14,18H,3-4,6,8-13,15H2,1-2H3/t18-/m0/s1. The first kappa shape index (κ1) is 25.4. The number of esters is 1. The van der Waals surface area contributed by atoms with Crippen LogP contribution in [0.4, 0.5) is 20.6 Å². The molecule has 2 amide bonds. The number of hydrogen-bond donors (Lipinski definition) is 0. The van der Waals surface area contributed by atoms with Crippen LogP contribution < -0.4 is 9.80 Å². The van der Waals surface area contributed by atoms with Crippen molar-refractivity contribution >= 4 is 35.1 Å². The van der Waals surface area contributed by atoms with Crippen LogP contribution >= 0.6 is 0 Å². The van der Waals surface area contributed by atoms with E-state index in [1.54, 1.807) is 24.0 Å². The lowest BCUT2D eigenvalue weighted by atomic mass is 10.1. The van der Waals surface area contributed by atoms with Gasteiger partial charge in [-0.1, -0.05) is 0 Å². The molecule has 11 heteroatoms. The van der Waals surface area contributed by atoms with Gasteiger partial charge in [-0.15, -0.1) is 0 Å². The number of ether oxygens (including phenoxy) is 2. The quantitative estimate of drug-likeness (QED) is 0.498. The van der Waals surface area contributed by atoms with Gasteiger partial charge in [-0.3, -0.25) is 19.3 Å². The maximum absolute atomic E-state index is 15.0. The molecule has 2 aliphatic heterocycles. The molecule has 3 rings (SSSR count). The van der Waals surface area contributed by atoms with Gasteiger partial charge in [-0.2, -0.15) is 0 Å². The Morgan fingerprint density at radius 3 is 2.65 bits per heavy atom. The van der Waals surface area contributed by atoms with Gasteiger partial charge in [0, 0.05) is 25.9 Å². The summed E-state index contributed by atoms with van der Waals surface area (Å²) in [5, 5.41) is 1.20. The highest BCUT2D eigenvalue weighted by Gasteiger charge is 2.33. The first-order valence-electron chi connectivity index (χ1n) is 11.4. The minimum atomic E-state index is -0.569. The van der Waals surface area contributed by atoms with Crippen molar-refractivity contribution in [2.45, 2.75) is 45.6 Å². The van der Waals surface area contributed by atoms with Crippen LogP contribution in [0.2, 0.25) is 0 Å². The molecule has 0 aromatic heterocycles. The van der Waals surface area contributed by atoms with Crippen LogP contribution in [0, 0.1) is 5.82 Å². The van der Waals surface area contributed by atoms with Crippen molar-refractivity contribution in [3.05, 3.63) is 24.0 Å². The van der Waals surface area contributed by atoms with E-state index in [1.165, 1.54) is 23.0 Å². The smallest absolute Gasteiger partial charge is 0.414 e. The zero-order valence-corrected chi connectivity index (χ0v) is 19.5. The predicted octanol–water partition coefficient (Wildman–Crippen LogP) is 2.44. The Balaban J connectivity index is 1.57. The molecule has 2 aliphatic rings. The summed E-state index contributed by atoms with van der Waals surface area (Å²) in [4.78, 5) is 55.8. The molecule has 0 N–H and O–H groups in total. The van der Waals surface area contributed by atoms with Crippen LogP contribution in [-0.2, 0) is 28.7 Å². The topological polar surface area (TPSA) is 106 Å². The molecule has 0 spiro atoms. The number of Topliss-reactive ketones (excluding diaryl/α,β-unsaturated/α-hetero) is 1. The van der Waals surface area contributed by atoms with Crippen molar-refractivity contribution in [3.8, 4) is 0 Å². The van der Waals surface area contributed by atoms with Gasteiger partial charge in [0.25, 0.3) is 0 Å². The number of hydroxylamine groups is 2. The molecule has 10 nitrogen and oxygen atoms in total. The minimum Gasteiger partial charge on any atom is -0.466 e. The zero-order chi connectivity index (χ0) is 24.7. The Bertz CT molecular complexity index is 926. The Morgan fingerprint density at radius 2 is 1.94 bits per heavy atom. The zero-order valence-electron chi connectivity index (χ0n) is 19.5. The van der Waals surface area contributed by atoms with E-state index in [2.05, 4.69) is 0 Å². The number of carbonyl (C=O) groups excluding carboxylic acids is 4. The molecule has 0 saturated carbocycles. The van der Waals surface area contributed by atoms with Crippen molar-refractivity contribution in [2.24, 2.45) is 0 Å². The number of hydrogen-bond acceptors (Lipinski definition) is 8. The van der Waals surface area contributed by atoms with E-state index in [9.17, 15) is 23.6 Å². The summed E-state index contributed by atoms with van der Waals surface area (Å²) in [5.74, 6) is -1.27. The summed E-state index contributed by atoms with van der Waals surface area (Å²) < 4.78 is 25.1. The van der Waals surface area contributed by atoms with Gasteiger partial charge in [0.1, 0.15) is 17.7 Å². The molecule has 186 valence electrons. The van der Waals surface area contributed by atoms with E-state index in [-0.39, 0.29) is 50.8 Å². The predicted molar refractivity (Wildman–Crippen MR) is 120 cm³/mol. The molecule has 1 aromatic carbocycles. The van der Waals surface area contributed by atoms with Gasteiger partial charge < -0.3 is 19.2 Å². The molecule has 2 fully saturated rings. The molecule has 1 aromatic rings. The number of nitrogens with zero attached hydrogens (tertiary/aromatic N) is 3. The van der Waals surface area contributed by atoms with Crippen molar-refractivity contribution in [2.75, 3.05) is 49.2 Å². The van der Waals surface area contributed by atoms with E-state index in [0.717, 1.165) is 0 Å². The lowest BCUT2D eigenvalue weighted by Crippen LogP contribution is -2.34. The number of benzene rings is 1. The summed E-state index contributed by atoms with van der Waals surface area (Å²) in [6, 6.07) is 4.50. The molecule has 34 heavy (non-hydrogen) atoms. The van der Waals surface area contributed by atoms with Crippen molar-refractivity contribution in [3.63, 3.8) is 0 Å². The highest BCUT2D eigenvalue weighted by molar-refractivity contribution is 5.90. The summed E-state index contributed by atoms with van der Waals surface area (Å²) in [6.07, 6.45) is -0.281. The monoisotopic (exact) mass is 479 g/mol. The van der Waals surface area contributed by atoms with Crippen molar-refractivity contribution in [1.82, 2.24) is 5.06 Å². The number of halogens is 1. The molecule has 0 unspecified atom stereocenters. The van der Waals surface area contributed by atoms with Crippen LogP contribution in [0.5, 0.6) is 0 Å². The van der Waals surface area contributed by atoms with E-state index in [1.807, 2.05) is 0 Å². The summed E-state index contributed by atoms with van der Waals surface area (Å²) in [5.41, 5.74) is 0.701. The Hall–Kier alpha value is -3.21. The van der Waals surface area contributed by atoms with Gasteiger partial charge in [0.2, 0.25) is 5.91 Å². The lowest BCUT2D eigenvalue weighted by molar-refractivity contribution is -0.182. The van der Waals surface area contributed by atoms with Crippen molar-refractivity contribution in [1.29, 1.82) is 0 Å². The molecule has 0 radical (unpaired) electrons. The third kappa shape index (κ3) is 6.66. The fourth-order valence-corrected chi connectivity index (χ4v) is 3.82. The second-order valence-electron chi connectivity index (χ2n) is 8.11. The van der Waals surface area contributed by atoms with Crippen LogP contribution in [0.3, 0.4) is 0 Å². The maximum atomic E-state index is 15.0. The molecule has 2 heterocycles. The second-order valence-corrected chi connectivity index (χ2v) is 8.11. The van der Waals surface area contributed by atoms with Crippen LogP contribution in [-0.4, -0.2) is 74.3 Å². The van der Waals surface area contributed by atoms with Crippen LogP contribution in [0.25, 0.3) is 0 Å². The third-order valence-corrected chi connectivity index (χ3v) is 5.58. The van der Waals surface area contributed by atoms with Crippen LogP contribution in [0.15, 0.2) is 18.2 Å². The number of carbonyl (C=O) groups is 4. The highest BCUT2D eigenvalue weighted by atomic mass is 19.1. The molecule has 1 atom stereocenters. The summed E-state index contributed by atoms with van der Waals surface area (Å²) in [6.45, 7) is 4.76. The maximum Gasteiger partial charge on any atom is 0.414 e. The summed E-state index contributed by atoms with van der Waals surface area (Å²) >= 11 is 0. The van der Waals surface area contributed by atoms with Gasteiger partial charge in [0.05, 0.1) is 44.1 Å². The first-order valence-corrected chi connectivity index (χ1v) is 11.4. The van der Waals surface area contributed by atoms with E-state index < -0.39 is 24.0 Å². The molecule has 0 bridgehead atoms. The Kier molecular flexibility index (Phi) is 8.80. The van der Waals surface area contributed by atoms with E-state index >= 15 is 0 Å². The normalized spacial score (nSPS) is 18.5. The van der Waals surface area contributed by atoms with E-state index in [4.69, 9.17) is 14.3 Å². The van der Waals surface area contributed by atoms with Crippen molar-refractivity contribution < 1.29 is 37.9 Å². The van der Waals surface area contributed by atoms with Gasteiger partial charge >= 0.3 is 12.1 Å². The Morgan fingerprint density at radius 1 is 1.15 bits per heavy atom. The molecule has 0 aliphatic carbocycles. The number of rotatable bonds is 9.